The van der Waals surface area contributed by atoms with E-state index < -0.39 is 0 Å². The number of thioether (sulfide) groups is 2. The van der Waals surface area contributed by atoms with Gasteiger partial charge in [0.1, 0.15) is 11.2 Å². The fourth-order valence-corrected chi connectivity index (χ4v) is 3.39. The Morgan fingerprint density at radius 3 is 1.35 bits per heavy atom. The first-order chi connectivity index (χ1) is 12.1. The molecule has 0 aliphatic rings. The molecule has 4 nitrogen and oxygen atoms in total. The van der Waals surface area contributed by atoms with Crippen molar-refractivity contribution < 1.29 is 19.1 Å². The molecule has 0 heterocycles. The van der Waals surface area contributed by atoms with E-state index in [4.69, 9.17) is 9.47 Å². The van der Waals surface area contributed by atoms with Crippen LogP contribution in [-0.4, -0.2) is 47.2 Å². The van der Waals surface area contributed by atoms with Gasteiger partial charge >= 0.3 is 11.9 Å². The van der Waals surface area contributed by atoms with Crippen molar-refractivity contribution in [3.63, 3.8) is 0 Å². The van der Waals surface area contributed by atoms with Crippen LogP contribution in [0.4, 0.5) is 0 Å². The normalized spacial score (nSPS) is 12.1. The van der Waals surface area contributed by atoms with E-state index in [9.17, 15) is 9.59 Å². The van der Waals surface area contributed by atoms with E-state index in [0.29, 0.717) is 12.8 Å². The number of hydrogen-bond donors (Lipinski definition) is 0. The van der Waals surface area contributed by atoms with Crippen LogP contribution in [0.25, 0.3) is 0 Å². The Morgan fingerprint density at radius 2 is 1.04 bits per heavy atom. The second kappa shape index (κ2) is 13.8. The molecule has 6 heteroatoms. The molecule has 0 saturated carbocycles. The second-order valence-corrected chi connectivity index (χ2v) is 9.84. The van der Waals surface area contributed by atoms with Gasteiger partial charge in [0, 0.05) is 11.5 Å². The molecule has 0 amide bonds. The van der Waals surface area contributed by atoms with Gasteiger partial charge in [0.05, 0.1) is 12.8 Å². The lowest BCUT2D eigenvalue weighted by Gasteiger charge is -2.26. The average molecular weight is 407 g/mol. The summed E-state index contributed by atoms with van der Waals surface area (Å²) in [4.78, 5) is 23.5. The van der Waals surface area contributed by atoms with Crippen LogP contribution in [0.2, 0.25) is 0 Å². The molecule has 0 aromatic heterocycles. The first-order valence-electron chi connectivity index (χ1n) is 9.53. The quantitative estimate of drug-likeness (QED) is 0.265. The highest BCUT2D eigenvalue weighted by Crippen LogP contribution is 2.23. The van der Waals surface area contributed by atoms with Crippen LogP contribution in [0.15, 0.2) is 0 Å². The predicted molar refractivity (Wildman–Crippen MR) is 114 cm³/mol. The Morgan fingerprint density at radius 1 is 0.692 bits per heavy atom. The molecule has 0 aliphatic heterocycles. The standard InChI is InChI=1S/C20H38O4S2/c1-19(2,23-17(21)11-15-25-5)13-9-7-8-10-14-20(3,4)24-18(22)12-16-26-6/h7-16H2,1-6H3. The smallest absolute Gasteiger partial charge is 0.307 e. The first kappa shape index (κ1) is 25.6. The van der Waals surface area contributed by atoms with Gasteiger partial charge in [-0.25, -0.2) is 0 Å². The molecule has 0 bridgehead atoms. The molecule has 0 fully saturated rings. The molecule has 0 rings (SSSR count). The topological polar surface area (TPSA) is 52.6 Å². The number of carbonyl (C=O) groups excluding carboxylic acids is 2. The minimum absolute atomic E-state index is 0.102. The summed E-state index contributed by atoms with van der Waals surface area (Å²) in [5.41, 5.74) is -0.775. The van der Waals surface area contributed by atoms with Crippen LogP contribution in [-0.2, 0) is 19.1 Å². The zero-order valence-corrected chi connectivity index (χ0v) is 19.2. The average Bonchev–Trinajstić information content (AvgIpc) is 2.53. The van der Waals surface area contributed by atoms with E-state index in [2.05, 4.69) is 0 Å². The van der Waals surface area contributed by atoms with Crippen molar-refractivity contribution in [3.05, 3.63) is 0 Å². The van der Waals surface area contributed by atoms with E-state index in [1.807, 2.05) is 40.2 Å². The van der Waals surface area contributed by atoms with Crippen LogP contribution >= 0.6 is 23.5 Å². The Bertz CT molecular complexity index is 371. The Hall–Kier alpha value is -0.360. The van der Waals surface area contributed by atoms with Crippen molar-refractivity contribution in [1.29, 1.82) is 0 Å². The predicted octanol–water partition coefficient (Wildman–Crippen LogP) is 5.48. The van der Waals surface area contributed by atoms with Crippen molar-refractivity contribution >= 4 is 35.5 Å². The van der Waals surface area contributed by atoms with Gasteiger partial charge in [-0.15, -0.1) is 0 Å². The molecule has 0 atom stereocenters. The molecule has 0 N–H and O–H groups in total. The third-order valence-electron chi connectivity index (χ3n) is 4.11. The molecular weight excluding hydrogens is 368 g/mol. The van der Waals surface area contributed by atoms with E-state index in [-0.39, 0.29) is 23.1 Å². The highest BCUT2D eigenvalue weighted by atomic mass is 32.2. The Labute approximate surface area is 168 Å². The fourth-order valence-electron chi connectivity index (χ4n) is 2.65. The van der Waals surface area contributed by atoms with Crippen molar-refractivity contribution in [2.45, 2.75) is 90.3 Å². The van der Waals surface area contributed by atoms with E-state index >= 15 is 0 Å². The van der Waals surface area contributed by atoms with Crippen LogP contribution in [0, 0.1) is 0 Å². The van der Waals surface area contributed by atoms with E-state index in [1.165, 1.54) is 0 Å². The molecule has 0 aromatic rings. The maximum Gasteiger partial charge on any atom is 0.307 e. The van der Waals surface area contributed by atoms with Gasteiger partial charge in [-0.05, 0) is 65.9 Å². The number of hydrogen-bond acceptors (Lipinski definition) is 6. The summed E-state index contributed by atoms with van der Waals surface area (Å²) in [7, 11) is 0. The van der Waals surface area contributed by atoms with Crippen LogP contribution in [0.1, 0.15) is 79.1 Å². The van der Waals surface area contributed by atoms with Gasteiger partial charge in [0.15, 0.2) is 0 Å². The number of esters is 2. The summed E-state index contributed by atoms with van der Waals surface area (Å²) in [6.07, 6.45) is 11.0. The van der Waals surface area contributed by atoms with E-state index in [1.54, 1.807) is 23.5 Å². The van der Waals surface area contributed by atoms with Crippen molar-refractivity contribution in [3.8, 4) is 0 Å². The maximum atomic E-state index is 11.7. The molecule has 0 radical (unpaired) electrons. The maximum absolute atomic E-state index is 11.7. The highest BCUT2D eigenvalue weighted by Gasteiger charge is 2.23. The molecule has 0 spiro atoms. The lowest BCUT2D eigenvalue weighted by Crippen LogP contribution is -2.28. The molecular formula is C20H38O4S2. The Balaban J connectivity index is 3.87. The third-order valence-corrected chi connectivity index (χ3v) is 5.33. The first-order valence-corrected chi connectivity index (χ1v) is 12.3. The van der Waals surface area contributed by atoms with Gasteiger partial charge in [0.2, 0.25) is 0 Å². The third kappa shape index (κ3) is 14.8. The van der Waals surface area contributed by atoms with Gasteiger partial charge in [-0.3, -0.25) is 9.59 Å². The number of carbonyl (C=O) groups is 2. The van der Waals surface area contributed by atoms with Gasteiger partial charge in [-0.2, -0.15) is 23.5 Å². The summed E-state index contributed by atoms with van der Waals surface area (Å²) in [6, 6.07) is 0. The monoisotopic (exact) mass is 406 g/mol. The van der Waals surface area contributed by atoms with Gasteiger partial charge in [0.25, 0.3) is 0 Å². The minimum Gasteiger partial charge on any atom is -0.460 e. The van der Waals surface area contributed by atoms with Gasteiger partial charge < -0.3 is 9.47 Å². The van der Waals surface area contributed by atoms with Crippen LogP contribution in [0.3, 0.4) is 0 Å². The second-order valence-electron chi connectivity index (χ2n) is 7.87. The molecule has 0 aliphatic carbocycles. The van der Waals surface area contributed by atoms with Gasteiger partial charge in [-0.1, -0.05) is 12.8 Å². The Kier molecular flexibility index (Phi) is 13.6. The number of rotatable bonds is 15. The molecule has 0 unspecified atom stereocenters. The molecule has 154 valence electrons. The van der Waals surface area contributed by atoms with Crippen LogP contribution in [0.5, 0.6) is 0 Å². The summed E-state index contributed by atoms with van der Waals surface area (Å²) in [6.45, 7) is 7.95. The van der Waals surface area contributed by atoms with Crippen molar-refractivity contribution in [1.82, 2.24) is 0 Å². The van der Waals surface area contributed by atoms with E-state index in [0.717, 1.165) is 50.0 Å². The SMILES string of the molecule is CSCCC(=O)OC(C)(C)CCCCCCC(C)(C)OC(=O)CCSC. The lowest BCUT2D eigenvalue weighted by molar-refractivity contribution is -0.157. The summed E-state index contributed by atoms with van der Waals surface area (Å²) < 4.78 is 11.1. The largest absolute Gasteiger partial charge is 0.460 e. The van der Waals surface area contributed by atoms with Crippen LogP contribution < -0.4 is 0 Å². The summed E-state index contributed by atoms with van der Waals surface area (Å²) >= 11 is 3.32. The number of ether oxygens (including phenoxy) is 2. The molecule has 0 saturated heterocycles. The van der Waals surface area contributed by atoms with Crippen molar-refractivity contribution in [2.24, 2.45) is 0 Å². The zero-order chi connectivity index (χ0) is 20.1. The molecule has 0 aromatic carbocycles. The summed E-state index contributed by atoms with van der Waals surface area (Å²) in [5, 5.41) is 0. The lowest BCUT2D eigenvalue weighted by atomic mass is 9.96. The number of unbranched alkanes of at least 4 members (excludes halogenated alkanes) is 3. The zero-order valence-electron chi connectivity index (χ0n) is 17.5. The molecule has 26 heavy (non-hydrogen) atoms. The minimum atomic E-state index is -0.387. The highest BCUT2D eigenvalue weighted by molar-refractivity contribution is 7.98. The summed E-state index contributed by atoms with van der Waals surface area (Å²) in [5.74, 6) is 1.42. The van der Waals surface area contributed by atoms with Crippen molar-refractivity contribution in [2.75, 3.05) is 24.0 Å². The fraction of sp³-hybridized carbons (Fsp3) is 0.900.